The van der Waals surface area contributed by atoms with Gasteiger partial charge in [0.05, 0.1) is 12.1 Å². The largest absolute Gasteiger partial charge is 0.394 e. The van der Waals surface area contributed by atoms with E-state index in [0.29, 0.717) is 5.82 Å². The summed E-state index contributed by atoms with van der Waals surface area (Å²) in [5.74, 6) is 0.226. The number of hydrogen-bond donors (Lipinski definition) is 2. The van der Waals surface area contributed by atoms with Crippen molar-refractivity contribution in [1.29, 1.82) is 0 Å². The summed E-state index contributed by atoms with van der Waals surface area (Å²) >= 11 is 1.54. The van der Waals surface area contributed by atoms with Crippen LogP contribution in [0.15, 0.2) is 16.8 Å². The second kappa shape index (κ2) is 5.45. The van der Waals surface area contributed by atoms with Crippen molar-refractivity contribution in [1.82, 2.24) is 25.5 Å². The van der Waals surface area contributed by atoms with Gasteiger partial charge in [0.2, 0.25) is 11.7 Å². The van der Waals surface area contributed by atoms with Gasteiger partial charge in [-0.15, -0.1) is 10.2 Å². The van der Waals surface area contributed by atoms with E-state index in [1.165, 1.54) is 4.80 Å². The van der Waals surface area contributed by atoms with Crippen molar-refractivity contribution in [3.8, 4) is 11.4 Å². The molecular weight excluding hydrogens is 266 g/mol. The van der Waals surface area contributed by atoms with Crippen LogP contribution in [-0.4, -0.2) is 43.4 Å². The minimum Gasteiger partial charge on any atom is -0.394 e. The molecule has 0 aliphatic heterocycles. The average Bonchev–Trinajstić information content (AvgIpc) is 2.97. The van der Waals surface area contributed by atoms with E-state index in [1.807, 2.05) is 16.8 Å². The van der Waals surface area contributed by atoms with Crippen LogP contribution in [0.25, 0.3) is 11.4 Å². The lowest BCUT2D eigenvalue weighted by atomic mass is 10.1. The number of hydrogen-bond acceptors (Lipinski definition) is 6. The number of nitrogens with one attached hydrogen (secondary N) is 1. The summed E-state index contributed by atoms with van der Waals surface area (Å²) in [7, 11) is 0. The third kappa shape index (κ3) is 3.58. The standard InChI is InChI=1S/C11H15N5O2S/c1-11(2,7-17)12-9(18)5-16-14-10(13-15-16)8-3-4-19-6-8/h3-4,6,17H,5,7H2,1-2H3,(H,12,18). The first kappa shape index (κ1) is 13.6. The monoisotopic (exact) mass is 281 g/mol. The Hall–Kier alpha value is -1.80. The molecule has 0 unspecified atom stereocenters. The minimum atomic E-state index is -0.659. The number of carbonyl (C=O) groups is 1. The second-order valence-corrected chi connectivity index (χ2v) is 5.53. The maximum atomic E-state index is 11.7. The van der Waals surface area contributed by atoms with E-state index in [4.69, 9.17) is 5.11 Å². The second-order valence-electron chi connectivity index (χ2n) is 4.75. The van der Waals surface area contributed by atoms with Crippen molar-refractivity contribution >= 4 is 17.2 Å². The van der Waals surface area contributed by atoms with Gasteiger partial charge < -0.3 is 10.4 Å². The number of aliphatic hydroxyl groups excluding tert-OH is 1. The zero-order valence-electron chi connectivity index (χ0n) is 10.7. The van der Waals surface area contributed by atoms with Crippen molar-refractivity contribution in [2.75, 3.05) is 6.61 Å². The number of carbonyl (C=O) groups excluding carboxylic acids is 1. The van der Waals surface area contributed by atoms with Crippen LogP contribution in [0.5, 0.6) is 0 Å². The number of rotatable bonds is 5. The summed E-state index contributed by atoms with van der Waals surface area (Å²) in [5.41, 5.74) is 0.223. The normalized spacial score (nSPS) is 11.5. The number of thiophene rings is 1. The van der Waals surface area contributed by atoms with Gasteiger partial charge in [0.25, 0.3) is 0 Å². The van der Waals surface area contributed by atoms with Gasteiger partial charge in [-0.3, -0.25) is 4.79 Å². The Labute approximate surface area is 114 Å². The molecule has 1 amide bonds. The molecule has 7 nitrogen and oxygen atoms in total. The van der Waals surface area contributed by atoms with Crippen molar-refractivity contribution in [3.63, 3.8) is 0 Å². The van der Waals surface area contributed by atoms with Crippen LogP contribution in [0.1, 0.15) is 13.8 Å². The van der Waals surface area contributed by atoms with E-state index in [1.54, 1.807) is 25.2 Å². The fourth-order valence-corrected chi connectivity index (χ4v) is 2.04. The molecule has 2 aromatic heterocycles. The van der Waals surface area contributed by atoms with Gasteiger partial charge in [0.15, 0.2) is 0 Å². The first-order valence-electron chi connectivity index (χ1n) is 5.72. The molecule has 102 valence electrons. The summed E-state index contributed by atoms with van der Waals surface area (Å²) in [6.07, 6.45) is 0. The predicted molar refractivity (Wildman–Crippen MR) is 70.4 cm³/mol. The molecule has 0 saturated heterocycles. The average molecular weight is 281 g/mol. The summed E-state index contributed by atoms with van der Waals surface area (Å²) in [5, 5.41) is 27.4. The van der Waals surface area contributed by atoms with Crippen LogP contribution in [0.4, 0.5) is 0 Å². The predicted octanol–water partition coefficient (Wildman–Crippen LogP) is 0.289. The zero-order valence-corrected chi connectivity index (χ0v) is 11.5. The number of aromatic nitrogens is 4. The SMILES string of the molecule is CC(C)(CO)NC(=O)Cn1nnc(-c2ccsc2)n1. The Morgan fingerprint density at radius 3 is 3.00 bits per heavy atom. The molecular formula is C11H15N5O2S. The lowest BCUT2D eigenvalue weighted by molar-refractivity contribution is -0.124. The quantitative estimate of drug-likeness (QED) is 0.821. The van der Waals surface area contributed by atoms with Crippen molar-refractivity contribution in [3.05, 3.63) is 16.8 Å². The third-order valence-electron chi connectivity index (χ3n) is 2.39. The third-order valence-corrected chi connectivity index (χ3v) is 3.07. The van der Waals surface area contributed by atoms with Gasteiger partial charge in [0.1, 0.15) is 6.54 Å². The molecule has 0 spiro atoms. The number of nitrogens with zero attached hydrogens (tertiary/aromatic N) is 4. The van der Waals surface area contributed by atoms with E-state index >= 15 is 0 Å². The van der Waals surface area contributed by atoms with Crippen LogP contribution in [0.3, 0.4) is 0 Å². The van der Waals surface area contributed by atoms with Crippen molar-refractivity contribution in [2.24, 2.45) is 0 Å². The molecule has 2 heterocycles. The highest BCUT2D eigenvalue weighted by molar-refractivity contribution is 7.08. The van der Waals surface area contributed by atoms with E-state index < -0.39 is 5.54 Å². The molecule has 2 N–H and O–H groups in total. The molecule has 2 aromatic rings. The molecule has 0 radical (unpaired) electrons. The Bertz CT molecular complexity index is 549. The lowest BCUT2D eigenvalue weighted by Gasteiger charge is -2.22. The Morgan fingerprint density at radius 2 is 2.37 bits per heavy atom. The molecule has 8 heteroatoms. The van der Waals surface area contributed by atoms with Crippen LogP contribution in [-0.2, 0) is 11.3 Å². The first-order valence-corrected chi connectivity index (χ1v) is 6.67. The molecule has 0 saturated carbocycles. The molecule has 0 aromatic carbocycles. The van der Waals surface area contributed by atoms with E-state index in [-0.39, 0.29) is 19.1 Å². The molecule has 0 fully saturated rings. The van der Waals surface area contributed by atoms with Crippen LogP contribution in [0.2, 0.25) is 0 Å². The van der Waals surface area contributed by atoms with Gasteiger partial charge in [-0.05, 0) is 30.5 Å². The van der Waals surface area contributed by atoms with E-state index in [9.17, 15) is 4.79 Å². The van der Waals surface area contributed by atoms with Gasteiger partial charge >= 0.3 is 0 Å². The van der Waals surface area contributed by atoms with Crippen molar-refractivity contribution in [2.45, 2.75) is 25.9 Å². The van der Waals surface area contributed by atoms with Crippen LogP contribution < -0.4 is 5.32 Å². The van der Waals surface area contributed by atoms with Crippen molar-refractivity contribution < 1.29 is 9.90 Å². The van der Waals surface area contributed by atoms with Gasteiger partial charge in [0, 0.05) is 10.9 Å². The Kier molecular flexibility index (Phi) is 3.91. The first-order chi connectivity index (χ1) is 9.00. The highest BCUT2D eigenvalue weighted by atomic mass is 32.1. The van der Waals surface area contributed by atoms with Crippen LogP contribution in [0, 0.1) is 0 Å². The number of amides is 1. The summed E-state index contributed by atoms with van der Waals surface area (Å²) < 4.78 is 0. The zero-order chi connectivity index (χ0) is 13.9. The molecule has 0 bridgehead atoms. The smallest absolute Gasteiger partial charge is 0.244 e. The molecule has 0 atom stereocenters. The molecule has 0 aliphatic rings. The fraction of sp³-hybridized carbons (Fsp3) is 0.455. The maximum Gasteiger partial charge on any atom is 0.244 e. The number of aliphatic hydroxyl groups is 1. The van der Waals surface area contributed by atoms with Crippen LogP contribution >= 0.6 is 11.3 Å². The van der Waals surface area contributed by atoms with Gasteiger partial charge in [-0.2, -0.15) is 16.1 Å². The topological polar surface area (TPSA) is 92.9 Å². The highest BCUT2D eigenvalue weighted by Crippen LogP contribution is 2.16. The van der Waals surface area contributed by atoms with E-state index in [2.05, 4.69) is 20.7 Å². The lowest BCUT2D eigenvalue weighted by Crippen LogP contribution is -2.47. The fourth-order valence-electron chi connectivity index (χ4n) is 1.40. The Morgan fingerprint density at radius 1 is 1.58 bits per heavy atom. The summed E-state index contributed by atoms with van der Waals surface area (Å²) in [6.45, 7) is 3.30. The van der Waals surface area contributed by atoms with E-state index in [0.717, 1.165) is 5.56 Å². The number of tetrazole rings is 1. The molecule has 19 heavy (non-hydrogen) atoms. The van der Waals surface area contributed by atoms with Gasteiger partial charge in [-0.25, -0.2) is 0 Å². The maximum absolute atomic E-state index is 11.7. The Balaban J connectivity index is 1.99. The van der Waals surface area contributed by atoms with Gasteiger partial charge in [-0.1, -0.05) is 0 Å². The minimum absolute atomic E-state index is 0.0272. The molecule has 2 rings (SSSR count). The molecule has 0 aliphatic carbocycles. The summed E-state index contributed by atoms with van der Waals surface area (Å²) in [4.78, 5) is 13.0. The highest BCUT2D eigenvalue weighted by Gasteiger charge is 2.19. The summed E-state index contributed by atoms with van der Waals surface area (Å²) in [6, 6.07) is 1.89.